The van der Waals surface area contributed by atoms with Crippen molar-refractivity contribution in [2.24, 2.45) is 5.92 Å². The minimum absolute atomic E-state index is 0.137. The van der Waals surface area contributed by atoms with Gasteiger partial charge in [0.15, 0.2) is 0 Å². The Morgan fingerprint density at radius 1 is 1.03 bits per heavy atom. The number of carbonyl (C=O) groups is 2. The lowest BCUT2D eigenvalue weighted by Gasteiger charge is -2.32. The highest BCUT2D eigenvalue weighted by atomic mass is 32.1. The Balaban J connectivity index is 1.19. The number of carbonyl (C=O) groups excluding carboxylic acids is 2. The highest BCUT2D eigenvalue weighted by molar-refractivity contribution is 7.12. The van der Waals surface area contributed by atoms with Crippen molar-refractivity contribution in [3.05, 3.63) is 81.4 Å². The number of H-pyrrole nitrogens is 1. The largest absolute Gasteiger partial charge is 0.494 e. The van der Waals surface area contributed by atoms with E-state index in [0.717, 1.165) is 63.2 Å². The number of benzene rings is 2. The zero-order chi connectivity index (χ0) is 41.4. The number of nitrogens with one attached hydrogen (secondary N) is 2. The highest BCUT2D eigenvalue weighted by Crippen LogP contribution is 2.49. The topological polar surface area (TPSA) is 107 Å². The molecular weight excluding hydrogens is 754 g/mol. The van der Waals surface area contributed by atoms with Crippen LogP contribution in [0.25, 0.3) is 33.4 Å². The van der Waals surface area contributed by atoms with Gasteiger partial charge in [0.1, 0.15) is 17.6 Å². The first-order chi connectivity index (χ1) is 27.5. The fraction of sp³-hybridized carbons (Fsp3) is 0.467. The number of thiophene rings is 1. The van der Waals surface area contributed by atoms with Gasteiger partial charge < -0.3 is 34.0 Å². The number of methoxy groups -OCH3 is 1. The Labute approximate surface area is 344 Å². The van der Waals surface area contributed by atoms with Gasteiger partial charge in [-0.15, -0.1) is 11.3 Å². The number of aromatic amines is 1. The van der Waals surface area contributed by atoms with Crippen LogP contribution in [0.4, 0.5) is 9.18 Å². The van der Waals surface area contributed by atoms with Crippen molar-refractivity contribution < 1.29 is 32.8 Å². The van der Waals surface area contributed by atoms with E-state index in [1.807, 2.05) is 64.6 Å². The van der Waals surface area contributed by atoms with Crippen molar-refractivity contribution in [1.29, 1.82) is 0 Å². The molecule has 10 nitrogen and oxygen atoms in total. The molecule has 13 heteroatoms. The maximum absolute atomic E-state index is 16.9. The van der Waals surface area contributed by atoms with Gasteiger partial charge in [0.2, 0.25) is 12.1 Å². The molecule has 2 N–H and O–H groups in total. The molecule has 2 fully saturated rings. The second-order valence-electron chi connectivity index (χ2n) is 17.5. The molecule has 0 bridgehead atoms. The summed E-state index contributed by atoms with van der Waals surface area (Å²) in [6.45, 7) is 19.0. The molecule has 0 saturated carbocycles. The predicted octanol–water partition coefficient (Wildman–Crippen LogP) is 9.47. The smallest absolute Gasteiger partial charge is 0.464 e. The first kappa shape index (κ1) is 40.2. The second kappa shape index (κ2) is 14.9. The lowest BCUT2D eigenvalue weighted by Crippen LogP contribution is -2.51. The van der Waals surface area contributed by atoms with Crippen LogP contribution in [0.15, 0.2) is 54.6 Å². The molecule has 2 aromatic carbocycles. The first-order valence-electron chi connectivity index (χ1n) is 20.5. The average Bonchev–Trinajstić information content (AvgIpc) is 4.01. The molecular formula is C45H54BFN4O6S. The molecule has 8 rings (SSSR count). The number of amides is 2. The van der Waals surface area contributed by atoms with E-state index in [2.05, 4.69) is 66.0 Å². The Bertz CT molecular complexity index is 2380. The third kappa shape index (κ3) is 6.82. The number of aryl methyl sites for hydroxylation is 1. The standard InChI is InChI=1S/C45H54BFN4O6S/c1-11-26-21-31(48-40(26)33-13-12-18-50(33)41(52)39(25(4)5)49-43(53)54-10)27-20-30(47)38-34-22-28-19-29(46-56-44(6,7)45(8,9)57-46)14-15-32(28)51(34)42(55-35(38)23-27)37-17-16-36(58-37)24(2)3/h14-17,19-25,33,39,42,48H,11-13,18H2,1-10H3,(H,49,53). The normalized spacial score (nSPS) is 20.1. The number of ether oxygens (including phenoxy) is 2. The maximum atomic E-state index is 16.9. The molecule has 3 atom stereocenters. The van der Waals surface area contributed by atoms with E-state index in [1.165, 1.54) is 12.0 Å². The third-order valence-electron chi connectivity index (χ3n) is 12.5. The summed E-state index contributed by atoms with van der Waals surface area (Å²) in [6.07, 6.45) is 1.16. The monoisotopic (exact) mass is 808 g/mol. The van der Waals surface area contributed by atoms with Gasteiger partial charge in [-0.2, -0.15) is 0 Å². The van der Waals surface area contributed by atoms with Crippen molar-refractivity contribution >= 4 is 46.8 Å². The summed E-state index contributed by atoms with van der Waals surface area (Å²) < 4.78 is 43.5. The maximum Gasteiger partial charge on any atom is 0.494 e. The quantitative estimate of drug-likeness (QED) is 0.144. The number of likely N-dealkylation sites (tertiary alicyclic amines) is 1. The third-order valence-corrected chi connectivity index (χ3v) is 13.9. The van der Waals surface area contributed by atoms with E-state index < -0.39 is 42.5 Å². The van der Waals surface area contributed by atoms with Crippen LogP contribution in [0.5, 0.6) is 5.75 Å². The Morgan fingerprint density at radius 3 is 2.43 bits per heavy atom. The van der Waals surface area contributed by atoms with E-state index in [-0.39, 0.29) is 17.9 Å². The summed E-state index contributed by atoms with van der Waals surface area (Å²) in [5, 5.41) is 3.67. The fourth-order valence-electron chi connectivity index (χ4n) is 8.54. The lowest BCUT2D eigenvalue weighted by molar-refractivity contribution is -0.135. The molecule has 2 amide bonds. The van der Waals surface area contributed by atoms with Crippen molar-refractivity contribution in [2.45, 2.75) is 117 Å². The SMILES string of the molecule is CCc1cc(-c2cc(F)c3c(c2)OC(c2ccc(C(C)C)s2)n2c-3cc3cc(B4OC(C)(C)C(C)(C)O4)ccc32)[nH]c1C1CCCN1C(=O)C(NC(=O)OC)C(C)C. The van der Waals surface area contributed by atoms with Gasteiger partial charge in [-0.25, -0.2) is 9.18 Å². The highest BCUT2D eigenvalue weighted by Gasteiger charge is 2.52. The van der Waals surface area contributed by atoms with Gasteiger partial charge in [-0.1, -0.05) is 46.8 Å². The molecule has 5 aromatic rings. The molecule has 3 aromatic heterocycles. The second-order valence-corrected chi connectivity index (χ2v) is 18.7. The van der Waals surface area contributed by atoms with E-state index in [1.54, 1.807) is 17.4 Å². The van der Waals surface area contributed by atoms with E-state index in [9.17, 15) is 9.59 Å². The van der Waals surface area contributed by atoms with Crippen molar-refractivity contribution in [1.82, 2.24) is 19.8 Å². The van der Waals surface area contributed by atoms with Crippen molar-refractivity contribution in [2.75, 3.05) is 13.7 Å². The van der Waals surface area contributed by atoms with E-state index >= 15 is 4.39 Å². The Kier molecular flexibility index (Phi) is 10.3. The summed E-state index contributed by atoms with van der Waals surface area (Å²) in [7, 11) is 0.763. The van der Waals surface area contributed by atoms with Crippen LogP contribution in [0.1, 0.15) is 114 Å². The number of aromatic nitrogens is 2. The molecule has 6 heterocycles. The molecule has 2 saturated heterocycles. The number of nitrogens with zero attached hydrogens (tertiary/aromatic N) is 2. The van der Waals surface area contributed by atoms with Crippen LogP contribution >= 0.6 is 11.3 Å². The van der Waals surface area contributed by atoms with Crippen LogP contribution in [-0.4, -0.2) is 64.5 Å². The Morgan fingerprint density at radius 2 is 1.78 bits per heavy atom. The van der Waals surface area contributed by atoms with Crippen LogP contribution in [0, 0.1) is 11.7 Å². The van der Waals surface area contributed by atoms with Gasteiger partial charge in [0.05, 0.1) is 46.0 Å². The number of fused-ring (bicyclic) bond motifs is 5. The number of rotatable bonds is 9. The van der Waals surface area contributed by atoms with Crippen molar-refractivity contribution in [3.8, 4) is 28.3 Å². The number of alkyl carbamates (subject to hydrolysis) is 1. The molecule has 306 valence electrons. The summed E-state index contributed by atoms with van der Waals surface area (Å²) >= 11 is 1.71. The summed E-state index contributed by atoms with van der Waals surface area (Å²) in [6, 6.07) is 17.1. The molecule has 3 aliphatic heterocycles. The molecule has 0 radical (unpaired) electrons. The fourth-order valence-corrected chi connectivity index (χ4v) is 9.58. The van der Waals surface area contributed by atoms with E-state index in [0.29, 0.717) is 29.3 Å². The lowest BCUT2D eigenvalue weighted by atomic mass is 9.78. The zero-order valence-electron chi connectivity index (χ0n) is 35.1. The van der Waals surface area contributed by atoms with Crippen LogP contribution in [-0.2, 0) is 25.3 Å². The summed E-state index contributed by atoms with van der Waals surface area (Å²) in [5.74, 6) is 0.135. The van der Waals surface area contributed by atoms with Gasteiger partial charge in [0, 0.05) is 33.8 Å². The molecule has 3 unspecified atom stereocenters. The average molecular weight is 809 g/mol. The van der Waals surface area contributed by atoms with E-state index in [4.69, 9.17) is 18.8 Å². The predicted molar refractivity (Wildman–Crippen MR) is 227 cm³/mol. The zero-order valence-corrected chi connectivity index (χ0v) is 35.9. The van der Waals surface area contributed by atoms with Crippen LogP contribution < -0.4 is 15.5 Å². The molecule has 0 spiro atoms. The summed E-state index contributed by atoms with van der Waals surface area (Å²) in [4.78, 5) is 33.9. The number of hydrogen-bond donors (Lipinski definition) is 2. The van der Waals surface area contributed by atoms with Crippen LogP contribution in [0.2, 0.25) is 0 Å². The molecule has 58 heavy (non-hydrogen) atoms. The van der Waals surface area contributed by atoms with Crippen LogP contribution in [0.3, 0.4) is 0 Å². The van der Waals surface area contributed by atoms with Gasteiger partial charge in [0.25, 0.3) is 0 Å². The first-order valence-corrected chi connectivity index (χ1v) is 21.3. The number of hydrogen-bond acceptors (Lipinski definition) is 7. The Hall–Kier alpha value is -4.59. The van der Waals surface area contributed by atoms with Gasteiger partial charge >= 0.3 is 13.2 Å². The molecule has 0 aliphatic carbocycles. The minimum Gasteiger partial charge on any atom is -0.464 e. The minimum atomic E-state index is -0.724. The van der Waals surface area contributed by atoms with Gasteiger partial charge in [-0.3, -0.25) is 9.36 Å². The van der Waals surface area contributed by atoms with Crippen molar-refractivity contribution in [3.63, 3.8) is 0 Å². The summed E-state index contributed by atoms with van der Waals surface area (Å²) in [5.41, 5.74) is 5.38. The van der Waals surface area contributed by atoms with Gasteiger partial charge in [-0.05, 0) is 112 Å². The number of halogens is 1. The molecule has 3 aliphatic rings.